The van der Waals surface area contributed by atoms with Gasteiger partial charge in [-0.25, -0.2) is 4.79 Å². The van der Waals surface area contributed by atoms with Crippen LogP contribution in [0.25, 0.3) is 0 Å². The zero-order valence-corrected chi connectivity index (χ0v) is 10.9. The van der Waals surface area contributed by atoms with Gasteiger partial charge in [0.1, 0.15) is 6.61 Å². The highest BCUT2D eigenvalue weighted by molar-refractivity contribution is 6.61. The summed E-state index contributed by atoms with van der Waals surface area (Å²) in [5, 5.41) is 0.944. The molecular weight excluding hydrogens is 236 g/mol. The number of ether oxygens (including phenoxy) is 1. The van der Waals surface area contributed by atoms with Crippen molar-refractivity contribution in [2.75, 3.05) is 14.2 Å². The second-order valence-electron chi connectivity index (χ2n) is 3.16. The molecule has 0 amide bonds. The first-order chi connectivity index (χ1) is 8.22. The van der Waals surface area contributed by atoms with E-state index in [1.807, 2.05) is 24.3 Å². The van der Waals surface area contributed by atoms with Crippen molar-refractivity contribution in [2.45, 2.75) is 6.61 Å². The van der Waals surface area contributed by atoms with Crippen molar-refractivity contribution in [3.8, 4) is 0 Å². The van der Waals surface area contributed by atoms with E-state index >= 15 is 0 Å². The molecule has 0 saturated carbocycles. The van der Waals surface area contributed by atoms with Crippen molar-refractivity contribution in [1.29, 1.82) is 0 Å². The third-order valence-electron chi connectivity index (χ3n) is 2.14. The van der Waals surface area contributed by atoms with Gasteiger partial charge in [-0.2, -0.15) is 0 Å². The summed E-state index contributed by atoms with van der Waals surface area (Å²) in [6, 6.07) is 7.58. The number of benzene rings is 1. The molecule has 0 heterocycles. The van der Waals surface area contributed by atoms with Crippen LogP contribution in [0.15, 0.2) is 36.9 Å². The summed E-state index contributed by atoms with van der Waals surface area (Å²) in [5.74, 6) is -0.441. The minimum Gasteiger partial charge on any atom is -0.458 e. The number of carbonyl (C=O) groups excluding carboxylic acids is 1. The van der Waals surface area contributed by atoms with E-state index in [2.05, 4.69) is 6.58 Å². The Morgan fingerprint density at radius 3 is 2.59 bits per heavy atom. The first-order valence-corrected chi connectivity index (χ1v) is 6.37. The van der Waals surface area contributed by atoms with Gasteiger partial charge in [-0.15, -0.1) is 0 Å². The van der Waals surface area contributed by atoms with Gasteiger partial charge >= 0.3 is 15.3 Å². The van der Waals surface area contributed by atoms with Crippen molar-refractivity contribution >= 4 is 20.4 Å². The Kier molecular flexibility index (Phi) is 5.62. The Bertz CT molecular complexity index is 388. The topological polar surface area (TPSA) is 44.8 Å². The van der Waals surface area contributed by atoms with Crippen LogP contribution < -0.4 is 5.19 Å². The third kappa shape index (κ3) is 3.81. The Labute approximate surface area is 103 Å². The highest BCUT2D eigenvalue weighted by Crippen LogP contribution is 2.02. The smallest absolute Gasteiger partial charge is 0.423 e. The monoisotopic (exact) mass is 251 g/mol. The van der Waals surface area contributed by atoms with Crippen LogP contribution in [0.2, 0.25) is 0 Å². The summed E-state index contributed by atoms with van der Waals surface area (Å²) in [5.41, 5.74) is 0.889. The van der Waals surface area contributed by atoms with Crippen molar-refractivity contribution in [1.82, 2.24) is 0 Å². The SMILES string of the molecule is C=CC(=O)OCc1ccccc1[Si](OC)OC. The van der Waals surface area contributed by atoms with Gasteiger partial charge in [-0.3, -0.25) is 0 Å². The fraction of sp³-hybridized carbons (Fsp3) is 0.250. The second-order valence-corrected chi connectivity index (χ2v) is 5.09. The van der Waals surface area contributed by atoms with Gasteiger partial charge in [0.05, 0.1) is 0 Å². The van der Waals surface area contributed by atoms with E-state index in [-0.39, 0.29) is 6.61 Å². The molecule has 5 heteroatoms. The van der Waals surface area contributed by atoms with E-state index in [4.69, 9.17) is 13.6 Å². The lowest BCUT2D eigenvalue weighted by Crippen LogP contribution is -2.37. The molecule has 1 aromatic rings. The highest BCUT2D eigenvalue weighted by atomic mass is 28.3. The number of hydrogen-bond donors (Lipinski definition) is 0. The van der Waals surface area contributed by atoms with E-state index in [0.29, 0.717) is 0 Å². The summed E-state index contributed by atoms with van der Waals surface area (Å²) in [6.45, 7) is 3.54. The van der Waals surface area contributed by atoms with Gasteiger partial charge in [0.25, 0.3) is 0 Å². The first kappa shape index (κ1) is 13.6. The van der Waals surface area contributed by atoms with Gasteiger partial charge in [0.15, 0.2) is 0 Å². The zero-order chi connectivity index (χ0) is 12.7. The molecule has 91 valence electrons. The number of esters is 1. The molecule has 0 fully saturated rings. The van der Waals surface area contributed by atoms with Gasteiger partial charge in [0, 0.05) is 25.5 Å². The Balaban J connectivity index is 2.83. The lowest BCUT2D eigenvalue weighted by molar-refractivity contribution is -0.138. The summed E-state index contributed by atoms with van der Waals surface area (Å²) in [7, 11) is 1.70. The second kappa shape index (κ2) is 7.00. The maximum atomic E-state index is 11.0. The summed E-state index contributed by atoms with van der Waals surface area (Å²) < 4.78 is 15.6. The van der Waals surface area contributed by atoms with E-state index in [9.17, 15) is 4.79 Å². The summed E-state index contributed by atoms with van der Waals surface area (Å²) >= 11 is 0. The molecule has 0 aliphatic heterocycles. The molecule has 1 radical (unpaired) electrons. The Morgan fingerprint density at radius 2 is 2.00 bits per heavy atom. The van der Waals surface area contributed by atoms with Crippen LogP contribution in [-0.4, -0.2) is 29.5 Å². The molecule has 0 N–H and O–H groups in total. The van der Waals surface area contributed by atoms with E-state index in [1.54, 1.807) is 14.2 Å². The predicted octanol–water partition coefficient (Wildman–Crippen LogP) is 0.904. The van der Waals surface area contributed by atoms with Crippen molar-refractivity contribution < 1.29 is 18.4 Å². The zero-order valence-electron chi connectivity index (χ0n) is 9.93. The van der Waals surface area contributed by atoms with E-state index < -0.39 is 15.3 Å². The Hall–Kier alpha value is -1.43. The molecule has 0 aliphatic carbocycles. The maximum absolute atomic E-state index is 11.0. The van der Waals surface area contributed by atoms with Gasteiger partial charge in [-0.05, 0) is 5.56 Å². The molecule has 0 aliphatic rings. The third-order valence-corrected chi connectivity index (χ3v) is 3.81. The number of rotatable bonds is 6. The van der Waals surface area contributed by atoms with Gasteiger partial charge in [0.2, 0.25) is 0 Å². The van der Waals surface area contributed by atoms with Crippen molar-refractivity contribution in [2.24, 2.45) is 0 Å². The van der Waals surface area contributed by atoms with Crippen LogP contribution in [0.4, 0.5) is 0 Å². The molecule has 1 rings (SSSR count). The minimum absolute atomic E-state index is 0.196. The normalized spacial score (nSPS) is 10.3. The standard InChI is InChI=1S/C12H15O4Si/c1-4-12(13)16-9-10-7-5-6-8-11(10)17(14-2)15-3/h4-8H,1,9H2,2-3H3. The average Bonchev–Trinajstić information content (AvgIpc) is 2.38. The van der Waals surface area contributed by atoms with Crippen molar-refractivity contribution in [3.63, 3.8) is 0 Å². The molecule has 0 atom stereocenters. The van der Waals surface area contributed by atoms with Crippen LogP contribution in [0.3, 0.4) is 0 Å². The molecule has 1 aromatic carbocycles. The molecule has 17 heavy (non-hydrogen) atoms. The molecule has 0 unspecified atom stereocenters. The molecular formula is C12H15O4Si. The van der Waals surface area contributed by atoms with Crippen LogP contribution in [0.5, 0.6) is 0 Å². The molecule has 0 saturated heterocycles. The molecule has 0 bridgehead atoms. The lowest BCUT2D eigenvalue weighted by Gasteiger charge is -2.13. The lowest BCUT2D eigenvalue weighted by atomic mass is 10.2. The van der Waals surface area contributed by atoms with Gasteiger partial charge in [-0.1, -0.05) is 30.8 Å². The van der Waals surface area contributed by atoms with E-state index in [1.165, 1.54) is 0 Å². The average molecular weight is 251 g/mol. The van der Waals surface area contributed by atoms with Gasteiger partial charge < -0.3 is 13.6 Å². The molecule has 4 nitrogen and oxygen atoms in total. The fourth-order valence-electron chi connectivity index (χ4n) is 1.36. The predicted molar refractivity (Wildman–Crippen MR) is 65.8 cm³/mol. The molecule has 0 spiro atoms. The van der Waals surface area contributed by atoms with Crippen LogP contribution in [0.1, 0.15) is 5.56 Å². The maximum Gasteiger partial charge on any atom is 0.423 e. The fourth-order valence-corrected chi connectivity index (χ4v) is 2.61. The largest absolute Gasteiger partial charge is 0.458 e. The minimum atomic E-state index is -1.50. The summed E-state index contributed by atoms with van der Waals surface area (Å²) in [6.07, 6.45) is 1.14. The van der Waals surface area contributed by atoms with Crippen LogP contribution in [0, 0.1) is 0 Å². The Morgan fingerprint density at radius 1 is 1.35 bits per heavy atom. The highest BCUT2D eigenvalue weighted by Gasteiger charge is 2.19. The first-order valence-electron chi connectivity index (χ1n) is 5.05. The number of carbonyl (C=O) groups is 1. The quantitative estimate of drug-likeness (QED) is 0.428. The van der Waals surface area contributed by atoms with Crippen LogP contribution >= 0.6 is 0 Å². The van der Waals surface area contributed by atoms with Crippen molar-refractivity contribution in [3.05, 3.63) is 42.5 Å². The van der Waals surface area contributed by atoms with Crippen LogP contribution in [-0.2, 0) is 25.0 Å². The number of hydrogen-bond acceptors (Lipinski definition) is 4. The molecule has 0 aromatic heterocycles. The van der Waals surface area contributed by atoms with E-state index in [0.717, 1.165) is 16.8 Å². The summed E-state index contributed by atoms with van der Waals surface area (Å²) in [4.78, 5) is 11.0.